The van der Waals surface area contributed by atoms with E-state index >= 15 is 0 Å². The van der Waals surface area contributed by atoms with Crippen LogP contribution in [-0.4, -0.2) is 11.4 Å². The molecule has 0 saturated heterocycles. The predicted octanol–water partition coefficient (Wildman–Crippen LogP) is 2.62. The maximum Gasteiger partial charge on any atom is 0.416 e. The highest BCUT2D eigenvalue weighted by Crippen LogP contribution is 2.32. The van der Waals surface area contributed by atoms with Gasteiger partial charge in [-0.05, 0) is 37.1 Å². The maximum atomic E-state index is 12.8. The number of halogens is 3. The van der Waals surface area contributed by atoms with E-state index in [1.807, 2.05) is 6.92 Å². The highest BCUT2D eigenvalue weighted by Gasteiger charge is 2.32. The Balaban J connectivity index is 3.06. The number of amides is 1. The van der Waals surface area contributed by atoms with Gasteiger partial charge in [-0.1, -0.05) is 13.3 Å². The van der Waals surface area contributed by atoms with E-state index < -0.39 is 23.2 Å². The van der Waals surface area contributed by atoms with Crippen LogP contribution in [0, 0.1) is 0 Å². The monoisotopic (exact) mass is 303 g/mol. The lowest BCUT2D eigenvalue weighted by atomic mass is 9.96. The fourth-order valence-corrected chi connectivity index (χ4v) is 1.95. The van der Waals surface area contributed by atoms with Gasteiger partial charge in [-0.3, -0.25) is 4.79 Å². The van der Waals surface area contributed by atoms with Gasteiger partial charge in [0, 0.05) is 12.2 Å². The van der Waals surface area contributed by atoms with E-state index in [1.165, 1.54) is 6.07 Å². The van der Waals surface area contributed by atoms with Crippen molar-refractivity contribution in [1.82, 2.24) is 0 Å². The van der Waals surface area contributed by atoms with E-state index in [9.17, 15) is 18.0 Å². The summed E-state index contributed by atoms with van der Waals surface area (Å²) in [4.78, 5) is 12.0. The molecule has 0 saturated carbocycles. The zero-order valence-corrected chi connectivity index (χ0v) is 12.1. The second kappa shape index (κ2) is 6.44. The molecule has 7 heteroatoms. The molecule has 1 atom stereocenters. The normalized spacial score (nSPS) is 14.6. The fraction of sp³-hybridized carbons (Fsp3) is 0.500. The van der Waals surface area contributed by atoms with Crippen molar-refractivity contribution in [2.24, 2.45) is 11.5 Å². The second-order valence-corrected chi connectivity index (χ2v) is 5.24. The predicted molar refractivity (Wildman–Crippen MR) is 75.5 cm³/mol. The molecule has 0 bridgehead atoms. The summed E-state index contributed by atoms with van der Waals surface area (Å²) in [6.07, 6.45) is -3.38. The number of benzene rings is 1. The minimum Gasteiger partial charge on any atom is -0.326 e. The molecule has 0 aliphatic heterocycles. The minimum absolute atomic E-state index is 0.0445. The molecule has 0 aromatic heterocycles. The highest BCUT2D eigenvalue weighted by atomic mass is 19.4. The molecule has 1 aromatic rings. The van der Waals surface area contributed by atoms with Crippen molar-refractivity contribution in [3.63, 3.8) is 0 Å². The average Bonchev–Trinajstić information content (AvgIpc) is 2.37. The number of anilines is 1. The molecule has 0 aliphatic carbocycles. The SMILES string of the molecule is CCCC(C)(N)C(=O)Nc1cc(CN)cc(C(F)(F)F)c1. The van der Waals surface area contributed by atoms with Crippen molar-refractivity contribution >= 4 is 11.6 Å². The van der Waals surface area contributed by atoms with Crippen LogP contribution in [0.1, 0.15) is 37.8 Å². The molecule has 1 amide bonds. The van der Waals surface area contributed by atoms with Crippen LogP contribution in [0.15, 0.2) is 18.2 Å². The molecule has 0 fully saturated rings. The van der Waals surface area contributed by atoms with Gasteiger partial charge in [0.15, 0.2) is 0 Å². The third-order valence-electron chi connectivity index (χ3n) is 3.10. The lowest BCUT2D eigenvalue weighted by Gasteiger charge is -2.23. The largest absolute Gasteiger partial charge is 0.416 e. The Morgan fingerprint density at radius 3 is 2.38 bits per heavy atom. The molecule has 0 aliphatic rings. The fourth-order valence-electron chi connectivity index (χ4n) is 1.95. The minimum atomic E-state index is -4.50. The Bertz CT molecular complexity index is 513. The van der Waals surface area contributed by atoms with Crippen molar-refractivity contribution < 1.29 is 18.0 Å². The molecule has 1 aromatic carbocycles. The van der Waals surface area contributed by atoms with Crippen LogP contribution in [0.2, 0.25) is 0 Å². The number of rotatable bonds is 5. The zero-order chi connectivity index (χ0) is 16.3. The van der Waals surface area contributed by atoms with Gasteiger partial charge in [0.2, 0.25) is 5.91 Å². The van der Waals surface area contributed by atoms with Crippen LogP contribution in [0.3, 0.4) is 0 Å². The molecular formula is C14H20F3N3O. The maximum absolute atomic E-state index is 12.8. The Hall–Kier alpha value is -1.60. The first-order chi connectivity index (χ1) is 9.60. The summed E-state index contributed by atoms with van der Waals surface area (Å²) in [5.74, 6) is -0.522. The molecule has 1 rings (SSSR count). The summed E-state index contributed by atoms with van der Waals surface area (Å²) >= 11 is 0. The number of hydrogen-bond acceptors (Lipinski definition) is 3. The summed E-state index contributed by atoms with van der Waals surface area (Å²) in [5, 5.41) is 2.43. The van der Waals surface area contributed by atoms with Gasteiger partial charge in [-0.15, -0.1) is 0 Å². The standard InChI is InChI=1S/C14H20F3N3O/c1-3-4-13(2,19)12(21)20-11-6-9(8-18)5-10(7-11)14(15,16)17/h5-7H,3-4,8,18-19H2,1-2H3,(H,20,21). The third-order valence-corrected chi connectivity index (χ3v) is 3.10. The summed E-state index contributed by atoms with van der Waals surface area (Å²) in [6.45, 7) is 3.36. The smallest absolute Gasteiger partial charge is 0.326 e. The molecular weight excluding hydrogens is 283 g/mol. The van der Waals surface area contributed by atoms with Crippen molar-refractivity contribution in [2.75, 3.05) is 5.32 Å². The molecule has 5 N–H and O–H groups in total. The number of hydrogen-bond donors (Lipinski definition) is 3. The Morgan fingerprint density at radius 2 is 1.90 bits per heavy atom. The van der Waals surface area contributed by atoms with Gasteiger partial charge in [0.05, 0.1) is 11.1 Å². The molecule has 0 heterocycles. The van der Waals surface area contributed by atoms with Gasteiger partial charge in [-0.2, -0.15) is 13.2 Å². The van der Waals surface area contributed by atoms with Crippen LogP contribution < -0.4 is 16.8 Å². The number of carbonyl (C=O) groups is 1. The van der Waals surface area contributed by atoms with E-state index in [0.717, 1.165) is 12.1 Å². The van der Waals surface area contributed by atoms with E-state index in [4.69, 9.17) is 11.5 Å². The molecule has 1 unspecified atom stereocenters. The zero-order valence-electron chi connectivity index (χ0n) is 12.1. The number of nitrogens with one attached hydrogen (secondary N) is 1. The topological polar surface area (TPSA) is 81.1 Å². The van der Waals surface area contributed by atoms with Crippen molar-refractivity contribution in [3.8, 4) is 0 Å². The molecule has 0 spiro atoms. The van der Waals surface area contributed by atoms with Crippen LogP contribution in [0.25, 0.3) is 0 Å². The molecule has 21 heavy (non-hydrogen) atoms. The van der Waals surface area contributed by atoms with E-state index in [-0.39, 0.29) is 17.8 Å². The van der Waals surface area contributed by atoms with E-state index in [0.29, 0.717) is 12.8 Å². The summed E-state index contributed by atoms with van der Waals surface area (Å²) in [7, 11) is 0. The van der Waals surface area contributed by atoms with Crippen molar-refractivity contribution in [2.45, 2.75) is 44.9 Å². The van der Waals surface area contributed by atoms with Gasteiger partial charge in [0.1, 0.15) is 0 Å². The van der Waals surface area contributed by atoms with Crippen LogP contribution >= 0.6 is 0 Å². The summed E-state index contributed by atoms with van der Waals surface area (Å²) in [6, 6.07) is 3.25. The number of carbonyl (C=O) groups excluding carboxylic acids is 1. The average molecular weight is 303 g/mol. The molecule has 118 valence electrons. The molecule has 0 radical (unpaired) electrons. The van der Waals surface area contributed by atoms with Gasteiger partial charge in [0.25, 0.3) is 0 Å². The number of nitrogens with two attached hydrogens (primary N) is 2. The van der Waals surface area contributed by atoms with Crippen molar-refractivity contribution in [1.29, 1.82) is 0 Å². The third kappa shape index (κ3) is 4.71. The number of alkyl halides is 3. The van der Waals surface area contributed by atoms with Gasteiger partial charge < -0.3 is 16.8 Å². The summed E-state index contributed by atoms with van der Waals surface area (Å²) < 4.78 is 38.4. The first-order valence-corrected chi connectivity index (χ1v) is 6.61. The van der Waals surface area contributed by atoms with E-state index in [1.54, 1.807) is 6.92 Å². The highest BCUT2D eigenvalue weighted by molar-refractivity contribution is 5.97. The molecule has 4 nitrogen and oxygen atoms in total. The first-order valence-electron chi connectivity index (χ1n) is 6.61. The Kier molecular flexibility index (Phi) is 5.36. The van der Waals surface area contributed by atoms with Crippen molar-refractivity contribution in [3.05, 3.63) is 29.3 Å². The summed E-state index contributed by atoms with van der Waals surface area (Å²) in [5.41, 5.74) is 9.59. The lowest BCUT2D eigenvalue weighted by molar-refractivity contribution is -0.137. The van der Waals surface area contributed by atoms with E-state index in [2.05, 4.69) is 5.32 Å². The quantitative estimate of drug-likeness (QED) is 0.782. The van der Waals surface area contributed by atoms with Crippen LogP contribution in [0.4, 0.5) is 18.9 Å². The second-order valence-electron chi connectivity index (χ2n) is 5.24. The van der Waals surface area contributed by atoms with Gasteiger partial charge in [-0.25, -0.2) is 0 Å². The first kappa shape index (κ1) is 17.5. The van der Waals surface area contributed by atoms with Crippen LogP contribution in [0.5, 0.6) is 0 Å². The lowest BCUT2D eigenvalue weighted by Crippen LogP contribution is -2.48. The Morgan fingerprint density at radius 1 is 1.29 bits per heavy atom. The van der Waals surface area contributed by atoms with Crippen LogP contribution in [-0.2, 0) is 17.5 Å². The van der Waals surface area contributed by atoms with Gasteiger partial charge >= 0.3 is 6.18 Å². The Labute approximate surface area is 121 Å².